The van der Waals surface area contributed by atoms with Gasteiger partial charge in [-0.1, -0.05) is 23.9 Å². The van der Waals surface area contributed by atoms with Crippen LogP contribution in [0.1, 0.15) is 0 Å². The largest absolute Gasteiger partial charge is 0.259 e. The van der Waals surface area contributed by atoms with Crippen LogP contribution in [0, 0.1) is 10.1 Å². The lowest BCUT2D eigenvalue weighted by atomic mass is 10.4. The van der Waals surface area contributed by atoms with Gasteiger partial charge in [0, 0.05) is 14.8 Å². The molecular formula is C8H6BrNO2S. The summed E-state index contributed by atoms with van der Waals surface area (Å²) < 4.78 is 0.938. The summed E-state index contributed by atoms with van der Waals surface area (Å²) in [6, 6.07) is 7.56. The van der Waals surface area contributed by atoms with Crippen molar-refractivity contribution < 1.29 is 4.92 Å². The van der Waals surface area contributed by atoms with Crippen LogP contribution in [0.5, 0.6) is 0 Å². The van der Waals surface area contributed by atoms with Gasteiger partial charge in [0.2, 0.25) is 6.20 Å². The molecule has 1 aromatic carbocycles. The van der Waals surface area contributed by atoms with Crippen molar-refractivity contribution in [1.82, 2.24) is 0 Å². The van der Waals surface area contributed by atoms with Gasteiger partial charge in [-0.15, -0.1) is 0 Å². The first-order chi connectivity index (χ1) is 6.20. The normalized spacial score (nSPS) is 10.5. The van der Waals surface area contributed by atoms with Gasteiger partial charge in [0.05, 0.1) is 4.92 Å². The average Bonchev–Trinajstić information content (AvgIpc) is 2.08. The fourth-order valence-electron chi connectivity index (χ4n) is 0.694. The highest BCUT2D eigenvalue weighted by molar-refractivity contribution is 9.10. The zero-order valence-corrected chi connectivity index (χ0v) is 8.92. The van der Waals surface area contributed by atoms with E-state index < -0.39 is 4.92 Å². The summed E-state index contributed by atoms with van der Waals surface area (Å²) in [6.07, 6.45) is 0.921. The summed E-state index contributed by atoms with van der Waals surface area (Å²) in [7, 11) is 0. The molecule has 13 heavy (non-hydrogen) atoms. The van der Waals surface area contributed by atoms with E-state index in [-0.39, 0.29) is 0 Å². The smallest absolute Gasteiger partial charge is 0.241 e. The van der Waals surface area contributed by atoms with Crippen molar-refractivity contribution in [1.29, 1.82) is 0 Å². The second kappa shape index (κ2) is 5.04. The molecule has 0 unspecified atom stereocenters. The Balaban J connectivity index is 2.64. The Morgan fingerprint density at radius 2 is 2.15 bits per heavy atom. The first-order valence-corrected chi connectivity index (χ1v) is 5.09. The summed E-state index contributed by atoms with van der Waals surface area (Å²) in [5.41, 5.74) is 0. The minimum Gasteiger partial charge on any atom is -0.259 e. The highest BCUT2D eigenvalue weighted by Gasteiger charge is 1.96. The SMILES string of the molecule is O=[N+]([O-])C=CSc1ccccc1Br. The van der Waals surface area contributed by atoms with Crippen LogP contribution in [0.3, 0.4) is 0 Å². The molecule has 3 nitrogen and oxygen atoms in total. The highest BCUT2D eigenvalue weighted by atomic mass is 79.9. The Labute approximate surface area is 88.1 Å². The van der Waals surface area contributed by atoms with Crippen molar-refractivity contribution in [3.8, 4) is 0 Å². The fourth-order valence-corrected chi connectivity index (χ4v) is 1.90. The molecule has 68 valence electrons. The number of thioether (sulfide) groups is 1. The first-order valence-electron chi connectivity index (χ1n) is 3.41. The monoisotopic (exact) mass is 259 g/mol. The fraction of sp³-hybridized carbons (Fsp3) is 0. The lowest BCUT2D eigenvalue weighted by Gasteiger charge is -1.96. The molecule has 0 spiro atoms. The molecule has 5 heteroatoms. The number of hydrogen-bond acceptors (Lipinski definition) is 3. The lowest BCUT2D eigenvalue weighted by molar-refractivity contribution is -0.402. The predicted octanol–water partition coefficient (Wildman–Crippen LogP) is 3.29. The molecule has 0 radical (unpaired) electrons. The summed E-state index contributed by atoms with van der Waals surface area (Å²) >= 11 is 4.65. The van der Waals surface area contributed by atoms with Crippen molar-refractivity contribution in [2.24, 2.45) is 0 Å². The van der Waals surface area contributed by atoms with Crippen LogP contribution in [0.15, 0.2) is 45.2 Å². The Bertz CT molecular complexity index is 341. The molecule has 0 aliphatic rings. The number of nitrogens with zero attached hydrogens (tertiary/aromatic N) is 1. The predicted molar refractivity (Wildman–Crippen MR) is 56.1 cm³/mol. The van der Waals surface area contributed by atoms with Crippen LogP contribution in [0.4, 0.5) is 0 Å². The van der Waals surface area contributed by atoms with Gasteiger partial charge in [0.15, 0.2) is 0 Å². The van der Waals surface area contributed by atoms with Crippen molar-refractivity contribution in [2.75, 3.05) is 0 Å². The zero-order valence-electron chi connectivity index (χ0n) is 6.51. The van der Waals surface area contributed by atoms with E-state index in [1.165, 1.54) is 17.2 Å². The van der Waals surface area contributed by atoms with Gasteiger partial charge in [-0.2, -0.15) is 0 Å². The van der Waals surface area contributed by atoms with E-state index in [0.717, 1.165) is 15.6 Å². The molecule has 0 N–H and O–H groups in total. The maximum atomic E-state index is 9.97. The summed E-state index contributed by atoms with van der Waals surface area (Å²) in [5, 5.41) is 11.4. The Morgan fingerprint density at radius 3 is 2.77 bits per heavy atom. The Morgan fingerprint density at radius 1 is 1.46 bits per heavy atom. The number of halogens is 1. The average molecular weight is 260 g/mol. The van der Waals surface area contributed by atoms with E-state index >= 15 is 0 Å². The molecule has 0 fully saturated rings. The molecule has 0 aromatic heterocycles. The maximum absolute atomic E-state index is 9.97. The van der Waals surface area contributed by atoms with Crippen molar-refractivity contribution in [3.05, 3.63) is 50.5 Å². The van der Waals surface area contributed by atoms with Gasteiger partial charge in [0.1, 0.15) is 0 Å². The molecule has 0 atom stereocenters. The molecular weight excluding hydrogens is 254 g/mol. The third-order valence-corrected chi connectivity index (χ3v) is 3.04. The number of rotatable bonds is 3. The van der Waals surface area contributed by atoms with Crippen molar-refractivity contribution in [3.63, 3.8) is 0 Å². The molecule has 1 aromatic rings. The van der Waals surface area contributed by atoms with Crippen molar-refractivity contribution >= 4 is 27.7 Å². The van der Waals surface area contributed by atoms with Gasteiger partial charge in [-0.3, -0.25) is 10.1 Å². The molecule has 0 aliphatic carbocycles. The summed E-state index contributed by atoms with van der Waals surface area (Å²) in [5.74, 6) is 0. The summed E-state index contributed by atoms with van der Waals surface area (Å²) in [4.78, 5) is 10.4. The van der Waals surface area contributed by atoms with E-state index in [9.17, 15) is 10.1 Å². The second-order valence-corrected chi connectivity index (χ2v) is 3.92. The minimum atomic E-state index is -0.482. The van der Waals surface area contributed by atoms with E-state index in [1.807, 2.05) is 24.3 Å². The van der Waals surface area contributed by atoms with Gasteiger partial charge in [0.25, 0.3) is 0 Å². The van der Waals surface area contributed by atoms with E-state index in [1.54, 1.807) is 0 Å². The Hall–Kier alpha value is -0.810. The van der Waals surface area contributed by atoms with Crippen LogP contribution in [-0.2, 0) is 0 Å². The molecule has 0 bridgehead atoms. The van der Waals surface area contributed by atoms with E-state index in [0.29, 0.717) is 0 Å². The standard InChI is InChI=1S/C8H6BrNO2S/c9-7-3-1-2-4-8(7)13-6-5-10(11)12/h1-6H. The maximum Gasteiger partial charge on any atom is 0.241 e. The highest BCUT2D eigenvalue weighted by Crippen LogP contribution is 2.27. The van der Waals surface area contributed by atoms with Crippen LogP contribution >= 0.6 is 27.7 Å². The van der Waals surface area contributed by atoms with Crippen LogP contribution in [-0.4, -0.2) is 4.92 Å². The number of hydrogen-bond donors (Lipinski definition) is 0. The van der Waals surface area contributed by atoms with E-state index in [4.69, 9.17) is 0 Å². The third-order valence-electron chi connectivity index (χ3n) is 1.21. The summed E-state index contributed by atoms with van der Waals surface area (Å²) in [6.45, 7) is 0. The molecule has 0 heterocycles. The Kier molecular flexibility index (Phi) is 3.98. The third kappa shape index (κ3) is 3.61. The topological polar surface area (TPSA) is 43.1 Å². The van der Waals surface area contributed by atoms with Crippen LogP contribution in [0.2, 0.25) is 0 Å². The quantitative estimate of drug-likeness (QED) is 0.475. The van der Waals surface area contributed by atoms with Crippen molar-refractivity contribution in [2.45, 2.75) is 4.90 Å². The molecule has 0 aliphatic heterocycles. The molecule has 0 saturated heterocycles. The molecule has 0 amide bonds. The van der Waals surface area contributed by atoms with Crippen LogP contribution in [0.25, 0.3) is 0 Å². The molecule has 0 saturated carbocycles. The number of nitro groups is 1. The minimum absolute atomic E-state index is 0.482. The lowest BCUT2D eigenvalue weighted by Crippen LogP contribution is -1.80. The van der Waals surface area contributed by atoms with Gasteiger partial charge in [-0.25, -0.2) is 0 Å². The van der Waals surface area contributed by atoms with Crippen LogP contribution < -0.4 is 0 Å². The molecule has 1 rings (SSSR count). The number of benzene rings is 1. The first kappa shape index (κ1) is 10.3. The van der Waals surface area contributed by atoms with Gasteiger partial charge in [-0.05, 0) is 28.1 Å². The van der Waals surface area contributed by atoms with Gasteiger partial charge >= 0.3 is 0 Å². The van der Waals surface area contributed by atoms with Gasteiger partial charge < -0.3 is 0 Å². The second-order valence-electron chi connectivity index (χ2n) is 2.12. The zero-order chi connectivity index (χ0) is 9.68. The van der Waals surface area contributed by atoms with E-state index in [2.05, 4.69) is 15.9 Å².